The first-order valence-electron chi connectivity index (χ1n) is 13.6. The fourth-order valence-corrected chi connectivity index (χ4v) is 7.81. The number of imidazole rings is 1. The van der Waals surface area contributed by atoms with Crippen molar-refractivity contribution in [1.82, 2.24) is 34.8 Å². The molecule has 0 saturated carbocycles. The first-order chi connectivity index (χ1) is 21.9. The molecule has 1 amide bonds. The molecule has 3 saturated heterocycles. The molecule has 2 aromatic rings. The maximum atomic E-state index is 16.0. The average Bonchev–Trinajstić information content (AvgIpc) is 3.75. The fourth-order valence-electron chi connectivity index (χ4n) is 5.78. The summed E-state index contributed by atoms with van der Waals surface area (Å²) in [7, 11) is -9.98. The summed E-state index contributed by atoms with van der Waals surface area (Å²) < 4.78 is 71.4. The van der Waals surface area contributed by atoms with Crippen molar-refractivity contribution >= 4 is 56.6 Å². The Morgan fingerprint density at radius 1 is 1.13 bits per heavy atom. The number of fused-ring (bicyclic) bond motifs is 5. The number of guanidine groups is 1. The number of amidine groups is 1. The highest BCUT2D eigenvalue weighted by Crippen LogP contribution is 2.52. The van der Waals surface area contributed by atoms with Gasteiger partial charge in [-0.1, -0.05) is 0 Å². The Balaban J connectivity index is 1.19. The van der Waals surface area contributed by atoms with Gasteiger partial charge in [0.25, 0.3) is 5.91 Å². The van der Waals surface area contributed by atoms with E-state index < -0.39 is 102 Å². The maximum Gasteiger partial charge on any atom is 0.472 e. The number of carbonyl (C=O) groups excluding carboxylic acids is 1. The predicted molar refractivity (Wildman–Crippen MR) is 149 cm³/mol. The standard InChI is InChI=1S/C21H26FN11O11P2/c22-10-14-8(41-19(10)32-5-27-11-15(23)25-4-26-16(11)32)1-29-45(36,37)43-13-7(2-34)9(3-40-46(38,39)44-14)42-20(13)33-6-28-12-17(33)30-21(24)31-18(12)35/h4-10,12-14,19-20,34H,1-3H2,(H,38,39)(H2,23,25,26)(H2,24,31,35)(H2,29,36,37). The van der Waals surface area contributed by atoms with E-state index in [0.29, 0.717) is 0 Å². The van der Waals surface area contributed by atoms with E-state index in [4.69, 9.17) is 34.2 Å². The average molecular weight is 689 g/mol. The van der Waals surface area contributed by atoms with E-state index in [1.165, 1.54) is 15.8 Å². The Labute approximate surface area is 256 Å². The quantitative estimate of drug-likeness (QED) is 0.167. The van der Waals surface area contributed by atoms with Gasteiger partial charge in [-0.3, -0.25) is 43.6 Å². The number of amides is 1. The molecular formula is C21H26FN11O11P2. The van der Waals surface area contributed by atoms with E-state index >= 15 is 4.39 Å². The number of hydrogen-bond acceptors (Lipinski definition) is 16. The number of aliphatic hydroxyl groups excluding tert-OH is 1. The van der Waals surface area contributed by atoms with Crippen LogP contribution in [0.5, 0.6) is 0 Å². The van der Waals surface area contributed by atoms with Crippen LogP contribution in [0.25, 0.3) is 11.2 Å². The Morgan fingerprint density at radius 3 is 2.70 bits per heavy atom. The third-order valence-corrected chi connectivity index (χ3v) is 9.98. The molecule has 46 heavy (non-hydrogen) atoms. The summed E-state index contributed by atoms with van der Waals surface area (Å²) in [5.74, 6) is -2.37. The molecule has 5 aliphatic rings. The number of aliphatic hydroxyl groups is 1. The van der Waals surface area contributed by atoms with Gasteiger partial charge < -0.3 is 30.1 Å². The fraction of sp³-hybridized carbons (Fsp3) is 0.571. The van der Waals surface area contributed by atoms with E-state index in [-0.39, 0.29) is 22.8 Å². The van der Waals surface area contributed by atoms with Crippen LogP contribution >= 0.6 is 15.6 Å². The zero-order valence-corrected chi connectivity index (χ0v) is 24.9. The molecular weight excluding hydrogens is 663 g/mol. The molecule has 2 bridgehead atoms. The van der Waals surface area contributed by atoms with Gasteiger partial charge in [-0.2, -0.15) is 4.99 Å². The van der Waals surface area contributed by atoms with E-state index in [1.807, 2.05) is 0 Å². The molecule has 0 aliphatic carbocycles. The van der Waals surface area contributed by atoms with E-state index in [0.717, 1.165) is 12.7 Å². The number of phosphoric ester groups is 1. The van der Waals surface area contributed by atoms with Crippen LogP contribution in [0.4, 0.5) is 10.2 Å². The third-order valence-electron chi connectivity index (χ3n) is 7.89. The van der Waals surface area contributed by atoms with Gasteiger partial charge in [-0.05, 0) is 0 Å². The van der Waals surface area contributed by atoms with Gasteiger partial charge in [0.05, 0.1) is 32.0 Å². The molecule has 0 aromatic carbocycles. The molecule has 8 N–H and O–H groups in total. The topological polar surface area (TPSA) is 304 Å². The summed E-state index contributed by atoms with van der Waals surface area (Å²) in [4.78, 5) is 55.0. The third kappa shape index (κ3) is 5.42. The normalized spacial score (nSPS) is 41.3. The van der Waals surface area contributed by atoms with Gasteiger partial charge in [-0.15, -0.1) is 0 Å². The van der Waals surface area contributed by atoms with Crippen LogP contribution in [0, 0.1) is 11.3 Å². The number of anilines is 1. The van der Waals surface area contributed by atoms with Crippen LogP contribution in [0.15, 0.2) is 22.6 Å². The number of aromatic nitrogens is 4. The summed E-state index contributed by atoms with van der Waals surface area (Å²) in [6.07, 6.45) is -7.70. The number of alkyl halides is 1. The molecule has 5 aliphatic heterocycles. The molecule has 7 rings (SSSR count). The van der Waals surface area contributed by atoms with Crippen LogP contribution < -0.4 is 16.1 Å². The van der Waals surface area contributed by atoms with Gasteiger partial charge in [0.15, 0.2) is 42.0 Å². The van der Waals surface area contributed by atoms with Crippen molar-refractivity contribution in [3.63, 3.8) is 0 Å². The van der Waals surface area contributed by atoms with Crippen LogP contribution in [0.2, 0.25) is 0 Å². The lowest BCUT2D eigenvalue weighted by molar-refractivity contribution is -0.119. The second-order valence-electron chi connectivity index (χ2n) is 10.7. The predicted octanol–water partition coefficient (Wildman–Crippen LogP) is -2.26. The molecule has 11 atom stereocenters. The molecule has 2 aromatic heterocycles. The first-order valence-corrected chi connectivity index (χ1v) is 16.6. The van der Waals surface area contributed by atoms with Gasteiger partial charge >= 0.3 is 15.6 Å². The molecule has 11 unspecified atom stereocenters. The number of nitrogen functional groups attached to an aromatic ring is 1. The number of nitrogens with two attached hydrogens (primary N) is 1. The van der Waals surface area contributed by atoms with Crippen molar-refractivity contribution in [3.8, 4) is 0 Å². The van der Waals surface area contributed by atoms with Crippen LogP contribution in [0.3, 0.4) is 0 Å². The number of nitrogens with zero attached hydrogens (tertiary/aromatic N) is 7. The highest BCUT2D eigenvalue weighted by atomic mass is 31.2. The maximum absolute atomic E-state index is 16.0. The number of phosphoric acid groups is 1. The van der Waals surface area contributed by atoms with Gasteiger partial charge in [0.1, 0.15) is 30.2 Å². The molecule has 7 heterocycles. The Hall–Kier alpha value is -3.34. The van der Waals surface area contributed by atoms with E-state index in [2.05, 4.69) is 35.3 Å². The highest BCUT2D eigenvalue weighted by Gasteiger charge is 2.56. The Bertz CT molecular complexity index is 1750. The van der Waals surface area contributed by atoms with Crippen LogP contribution in [-0.4, -0.2) is 126 Å². The van der Waals surface area contributed by atoms with Crippen molar-refractivity contribution in [2.45, 2.75) is 49.1 Å². The SMILES string of the molecule is N=C1N=C2C(N=CN2C2OC3COP(=O)(O)OC4C(CNP(=O)(O)OC2C3CO)OC(n2cnc3c(N)ncnc32)C4F)C(=O)N1. The largest absolute Gasteiger partial charge is 0.472 e. The summed E-state index contributed by atoms with van der Waals surface area (Å²) >= 11 is 0. The minimum Gasteiger partial charge on any atom is -0.396 e. The summed E-state index contributed by atoms with van der Waals surface area (Å²) in [5.41, 5.74) is 6.04. The van der Waals surface area contributed by atoms with Crippen molar-refractivity contribution < 1.29 is 56.3 Å². The number of halogens is 1. The molecule has 248 valence electrons. The van der Waals surface area contributed by atoms with Crippen LogP contribution in [-0.2, 0) is 37.0 Å². The Morgan fingerprint density at radius 2 is 1.91 bits per heavy atom. The van der Waals surface area contributed by atoms with Crippen molar-refractivity contribution in [1.29, 1.82) is 5.41 Å². The monoisotopic (exact) mass is 689 g/mol. The molecule has 25 heteroatoms. The second kappa shape index (κ2) is 11.4. The number of ether oxygens (including phenoxy) is 2. The number of carbonyl (C=O) groups is 1. The minimum absolute atomic E-state index is 0.00778. The van der Waals surface area contributed by atoms with Crippen molar-refractivity contribution in [2.75, 3.05) is 25.5 Å². The first kappa shape index (κ1) is 31.3. The van der Waals surface area contributed by atoms with E-state index in [9.17, 15) is 28.8 Å². The zero-order valence-electron chi connectivity index (χ0n) is 23.1. The summed E-state index contributed by atoms with van der Waals surface area (Å²) in [6.45, 7) is -2.11. The van der Waals surface area contributed by atoms with Gasteiger partial charge in [0.2, 0.25) is 5.96 Å². The lowest BCUT2D eigenvalue weighted by atomic mass is 9.99. The summed E-state index contributed by atoms with van der Waals surface area (Å²) in [6, 6.07) is -1.16. The zero-order chi connectivity index (χ0) is 32.5. The molecule has 22 nitrogen and oxygen atoms in total. The molecule has 0 spiro atoms. The smallest absolute Gasteiger partial charge is 0.396 e. The number of hydrogen-bond donors (Lipinski definition) is 7. The number of nitrogens with one attached hydrogen (secondary N) is 3. The van der Waals surface area contributed by atoms with Crippen molar-refractivity contribution in [3.05, 3.63) is 12.7 Å². The Kier molecular flexibility index (Phi) is 7.76. The minimum atomic E-state index is -5.10. The van der Waals surface area contributed by atoms with Gasteiger partial charge in [0, 0.05) is 12.5 Å². The number of aliphatic imine (C=N–C) groups is 2. The van der Waals surface area contributed by atoms with Crippen LogP contribution in [0.1, 0.15) is 6.23 Å². The van der Waals surface area contributed by atoms with Crippen molar-refractivity contribution in [2.24, 2.45) is 15.9 Å². The second-order valence-corrected chi connectivity index (χ2v) is 13.6. The molecule has 0 radical (unpaired) electrons. The lowest BCUT2D eigenvalue weighted by Crippen LogP contribution is -2.53. The lowest BCUT2D eigenvalue weighted by Gasteiger charge is -2.32. The van der Waals surface area contributed by atoms with E-state index in [1.54, 1.807) is 0 Å². The highest BCUT2D eigenvalue weighted by molar-refractivity contribution is 7.50. The van der Waals surface area contributed by atoms with Gasteiger partial charge in [-0.25, -0.2) is 33.6 Å². The molecule has 3 fully saturated rings. The summed E-state index contributed by atoms with van der Waals surface area (Å²) in [5, 5.41) is 22.5. The number of rotatable bonds is 3.